The van der Waals surface area contributed by atoms with Crippen LogP contribution in [-0.2, 0) is 0 Å². The second-order valence-corrected chi connectivity index (χ2v) is 4.41. The van der Waals surface area contributed by atoms with Crippen molar-refractivity contribution in [1.29, 1.82) is 0 Å². The van der Waals surface area contributed by atoms with E-state index in [4.69, 9.17) is 4.42 Å². The lowest BCUT2D eigenvalue weighted by atomic mass is 10.0. The van der Waals surface area contributed by atoms with Crippen LogP contribution < -0.4 is 4.90 Å². The van der Waals surface area contributed by atoms with Gasteiger partial charge >= 0.3 is 6.01 Å². The number of anilines is 2. The smallest absolute Gasteiger partial charge is 0.322 e. The van der Waals surface area contributed by atoms with Gasteiger partial charge < -0.3 is 4.42 Å². The quantitative estimate of drug-likeness (QED) is 0.813. The highest BCUT2D eigenvalue weighted by atomic mass is 16.4. The number of hydrogen-bond acceptors (Lipinski definition) is 4. The van der Waals surface area contributed by atoms with Crippen LogP contribution in [0.2, 0.25) is 0 Å². The van der Waals surface area contributed by atoms with Gasteiger partial charge in [-0.25, -0.2) is 0 Å². The van der Waals surface area contributed by atoms with Crippen LogP contribution in [0, 0.1) is 6.92 Å². The average molecular weight is 231 g/mol. The first-order chi connectivity index (χ1) is 8.08. The summed E-state index contributed by atoms with van der Waals surface area (Å²) in [6.07, 6.45) is 0. The first-order valence-corrected chi connectivity index (χ1v) is 5.71. The van der Waals surface area contributed by atoms with E-state index in [-0.39, 0.29) is 0 Å². The van der Waals surface area contributed by atoms with E-state index in [0.717, 1.165) is 5.69 Å². The summed E-state index contributed by atoms with van der Waals surface area (Å²) < 4.78 is 5.38. The summed E-state index contributed by atoms with van der Waals surface area (Å²) in [6, 6.07) is 8.89. The Kier molecular flexibility index (Phi) is 3.13. The molecule has 1 aromatic heterocycles. The summed E-state index contributed by atoms with van der Waals surface area (Å²) in [7, 11) is 1.91. The molecule has 0 radical (unpaired) electrons. The molecule has 4 heteroatoms. The molecule has 17 heavy (non-hydrogen) atoms. The van der Waals surface area contributed by atoms with E-state index in [2.05, 4.69) is 48.3 Å². The van der Waals surface area contributed by atoms with Crippen molar-refractivity contribution < 1.29 is 4.42 Å². The monoisotopic (exact) mass is 231 g/mol. The third-order valence-corrected chi connectivity index (χ3v) is 2.75. The lowest BCUT2D eigenvalue weighted by Gasteiger charge is -2.15. The standard InChI is InChI=1S/C13H17N3O/c1-9(2)11-5-7-12(8-6-11)16(4)13-15-14-10(3)17-13/h5-9H,1-4H3. The molecule has 0 aliphatic carbocycles. The van der Waals surface area contributed by atoms with Crippen molar-refractivity contribution in [2.45, 2.75) is 26.7 Å². The fraction of sp³-hybridized carbons (Fsp3) is 0.385. The molecule has 1 aromatic carbocycles. The highest BCUT2D eigenvalue weighted by molar-refractivity contribution is 5.55. The SMILES string of the molecule is Cc1nnc(N(C)c2ccc(C(C)C)cc2)o1. The minimum atomic E-state index is 0.514. The van der Waals surface area contributed by atoms with Gasteiger partial charge in [0.25, 0.3) is 0 Å². The summed E-state index contributed by atoms with van der Waals surface area (Å²) in [6.45, 7) is 6.15. The van der Waals surface area contributed by atoms with Crippen LogP contribution in [0.4, 0.5) is 11.7 Å². The molecular weight excluding hydrogens is 214 g/mol. The van der Waals surface area contributed by atoms with Crippen molar-refractivity contribution in [2.24, 2.45) is 0 Å². The second kappa shape index (κ2) is 4.57. The van der Waals surface area contributed by atoms with Crippen LogP contribution in [0.15, 0.2) is 28.7 Å². The van der Waals surface area contributed by atoms with Crippen molar-refractivity contribution in [3.8, 4) is 0 Å². The maximum absolute atomic E-state index is 5.38. The molecule has 1 heterocycles. The van der Waals surface area contributed by atoms with Crippen molar-refractivity contribution in [3.63, 3.8) is 0 Å². The third-order valence-electron chi connectivity index (χ3n) is 2.75. The van der Waals surface area contributed by atoms with E-state index in [1.165, 1.54) is 5.56 Å². The van der Waals surface area contributed by atoms with Crippen LogP contribution in [0.3, 0.4) is 0 Å². The zero-order chi connectivity index (χ0) is 12.4. The van der Waals surface area contributed by atoms with Crippen LogP contribution in [0.1, 0.15) is 31.2 Å². The van der Waals surface area contributed by atoms with Gasteiger partial charge in [-0.2, -0.15) is 0 Å². The van der Waals surface area contributed by atoms with Gasteiger partial charge in [0, 0.05) is 19.7 Å². The number of rotatable bonds is 3. The Morgan fingerprint density at radius 2 is 1.76 bits per heavy atom. The van der Waals surface area contributed by atoms with Gasteiger partial charge in [0.15, 0.2) is 0 Å². The largest absolute Gasteiger partial charge is 0.408 e. The lowest BCUT2D eigenvalue weighted by molar-refractivity contribution is 0.523. The van der Waals surface area contributed by atoms with Crippen molar-refractivity contribution >= 4 is 11.7 Å². The molecule has 0 bridgehead atoms. The van der Waals surface area contributed by atoms with E-state index >= 15 is 0 Å². The summed E-state index contributed by atoms with van der Waals surface area (Å²) in [5.41, 5.74) is 2.36. The fourth-order valence-corrected chi connectivity index (χ4v) is 1.61. The Hall–Kier alpha value is -1.84. The molecule has 0 unspecified atom stereocenters. The van der Waals surface area contributed by atoms with E-state index in [0.29, 0.717) is 17.8 Å². The Balaban J connectivity index is 2.22. The van der Waals surface area contributed by atoms with E-state index in [9.17, 15) is 0 Å². The number of aromatic nitrogens is 2. The zero-order valence-electron chi connectivity index (χ0n) is 10.6. The number of nitrogens with zero attached hydrogens (tertiary/aromatic N) is 3. The Labute approximate surface area is 101 Å². The Morgan fingerprint density at radius 3 is 2.24 bits per heavy atom. The first-order valence-electron chi connectivity index (χ1n) is 5.71. The minimum Gasteiger partial charge on any atom is -0.408 e. The van der Waals surface area contributed by atoms with Gasteiger partial charge in [0.05, 0.1) is 0 Å². The third kappa shape index (κ3) is 2.46. The van der Waals surface area contributed by atoms with E-state index in [1.54, 1.807) is 6.92 Å². The molecule has 0 aliphatic heterocycles. The molecule has 0 fully saturated rings. The maximum atomic E-state index is 5.38. The molecular formula is C13H17N3O. The second-order valence-electron chi connectivity index (χ2n) is 4.41. The van der Waals surface area contributed by atoms with Crippen molar-refractivity contribution in [3.05, 3.63) is 35.7 Å². The van der Waals surface area contributed by atoms with Crippen molar-refractivity contribution in [2.75, 3.05) is 11.9 Å². The summed E-state index contributed by atoms with van der Waals surface area (Å²) in [5, 5.41) is 7.81. The Morgan fingerprint density at radius 1 is 1.12 bits per heavy atom. The van der Waals surface area contributed by atoms with Gasteiger partial charge in [-0.1, -0.05) is 31.1 Å². The topological polar surface area (TPSA) is 42.2 Å². The van der Waals surface area contributed by atoms with Crippen LogP contribution >= 0.6 is 0 Å². The summed E-state index contributed by atoms with van der Waals surface area (Å²) in [4.78, 5) is 1.88. The molecule has 0 amide bonds. The van der Waals surface area contributed by atoms with Gasteiger partial charge in [-0.15, -0.1) is 5.10 Å². The highest BCUT2D eigenvalue weighted by Crippen LogP contribution is 2.24. The number of benzene rings is 1. The number of aryl methyl sites for hydroxylation is 1. The molecule has 0 spiro atoms. The van der Waals surface area contributed by atoms with Crippen LogP contribution in [-0.4, -0.2) is 17.2 Å². The summed E-state index contributed by atoms with van der Waals surface area (Å²) in [5.74, 6) is 1.12. The minimum absolute atomic E-state index is 0.514. The van der Waals surface area contributed by atoms with Gasteiger partial charge in [0.1, 0.15) is 0 Å². The molecule has 2 rings (SSSR count). The van der Waals surface area contributed by atoms with Gasteiger partial charge in [-0.05, 0) is 23.6 Å². The molecule has 0 saturated carbocycles. The highest BCUT2D eigenvalue weighted by Gasteiger charge is 2.10. The molecule has 4 nitrogen and oxygen atoms in total. The van der Waals surface area contributed by atoms with Crippen LogP contribution in [0.25, 0.3) is 0 Å². The number of hydrogen-bond donors (Lipinski definition) is 0. The van der Waals surface area contributed by atoms with E-state index in [1.807, 2.05) is 11.9 Å². The predicted octanol–water partition coefficient (Wildman–Crippen LogP) is 3.27. The lowest BCUT2D eigenvalue weighted by Crippen LogP contribution is -2.09. The molecule has 0 saturated heterocycles. The van der Waals surface area contributed by atoms with Gasteiger partial charge in [0.2, 0.25) is 5.89 Å². The Bertz CT molecular complexity index is 488. The average Bonchev–Trinajstić information content (AvgIpc) is 2.75. The molecule has 0 N–H and O–H groups in total. The van der Waals surface area contributed by atoms with Gasteiger partial charge in [-0.3, -0.25) is 4.90 Å². The first kappa shape index (κ1) is 11.6. The van der Waals surface area contributed by atoms with Crippen molar-refractivity contribution in [1.82, 2.24) is 10.2 Å². The normalized spacial score (nSPS) is 10.9. The predicted molar refractivity (Wildman–Crippen MR) is 67.6 cm³/mol. The van der Waals surface area contributed by atoms with E-state index < -0.39 is 0 Å². The zero-order valence-corrected chi connectivity index (χ0v) is 10.6. The van der Waals surface area contributed by atoms with Crippen LogP contribution in [0.5, 0.6) is 0 Å². The maximum Gasteiger partial charge on any atom is 0.322 e. The molecule has 90 valence electrons. The summed E-state index contributed by atoms with van der Waals surface area (Å²) >= 11 is 0. The molecule has 2 aromatic rings. The molecule has 0 aliphatic rings. The molecule has 0 atom stereocenters. The fourth-order valence-electron chi connectivity index (χ4n) is 1.61.